The van der Waals surface area contributed by atoms with E-state index in [0.29, 0.717) is 5.69 Å². The fraction of sp³-hybridized carbons (Fsp3) is 0.214. The lowest BCUT2D eigenvalue weighted by atomic mass is 10.2. The smallest absolute Gasteiger partial charge is 0.349 e. The molecule has 102 valence electrons. The third kappa shape index (κ3) is 3.06. The number of fused-ring (bicyclic) bond motifs is 1. The van der Waals surface area contributed by atoms with Crippen LogP contribution < -0.4 is 0 Å². The maximum atomic E-state index is 11.8. The molecule has 0 radical (unpaired) electrons. The largest absolute Gasteiger partial charge is 0.459 e. The van der Waals surface area contributed by atoms with E-state index in [0.717, 1.165) is 10.1 Å². The summed E-state index contributed by atoms with van der Waals surface area (Å²) < 4.78 is 7.68. The summed E-state index contributed by atoms with van der Waals surface area (Å²) >= 11 is 3.37. The second kappa shape index (κ2) is 5.88. The third-order valence-corrected chi connectivity index (χ3v) is 2.94. The highest BCUT2D eigenvalue weighted by atomic mass is 79.9. The zero-order valence-electron chi connectivity index (χ0n) is 11.0. The number of pyridine rings is 1. The summed E-state index contributed by atoms with van der Waals surface area (Å²) in [6, 6.07) is 5.56. The number of carbonyl (C=O) groups excluding carboxylic acids is 1. The Hall–Kier alpha value is -2.13. The SMILES string of the molecule is CC(C)OC(=O)/C(C#N)=C\c1cnc2ccc(Br)cn12. The molecule has 0 unspecified atom stereocenters. The zero-order valence-corrected chi connectivity index (χ0v) is 12.6. The summed E-state index contributed by atoms with van der Waals surface area (Å²) in [6.45, 7) is 3.47. The predicted octanol–water partition coefficient (Wildman–Crippen LogP) is 2.96. The van der Waals surface area contributed by atoms with Crippen molar-refractivity contribution < 1.29 is 9.53 Å². The monoisotopic (exact) mass is 333 g/mol. The fourth-order valence-electron chi connectivity index (χ4n) is 1.64. The van der Waals surface area contributed by atoms with E-state index in [9.17, 15) is 4.79 Å². The maximum absolute atomic E-state index is 11.8. The number of nitriles is 1. The van der Waals surface area contributed by atoms with Gasteiger partial charge >= 0.3 is 5.97 Å². The number of halogens is 1. The average Bonchev–Trinajstić information content (AvgIpc) is 2.77. The highest BCUT2D eigenvalue weighted by molar-refractivity contribution is 9.10. The molecule has 0 bridgehead atoms. The summed E-state index contributed by atoms with van der Waals surface area (Å²) in [5, 5.41) is 9.08. The summed E-state index contributed by atoms with van der Waals surface area (Å²) in [5.41, 5.74) is 1.31. The Bertz CT molecular complexity index is 726. The van der Waals surface area contributed by atoms with Gasteiger partial charge in [-0.3, -0.25) is 4.40 Å². The summed E-state index contributed by atoms with van der Waals surface area (Å²) in [6.07, 6.45) is 4.62. The van der Waals surface area contributed by atoms with Crippen molar-refractivity contribution in [1.29, 1.82) is 5.26 Å². The molecule has 6 heteroatoms. The first-order valence-corrected chi connectivity index (χ1v) is 6.76. The molecule has 0 atom stereocenters. The summed E-state index contributed by atoms with van der Waals surface area (Å²) in [5.74, 6) is -0.632. The molecule has 0 aliphatic rings. The number of hydrogen-bond acceptors (Lipinski definition) is 4. The van der Waals surface area contributed by atoms with E-state index in [2.05, 4.69) is 20.9 Å². The number of aromatic nitrogens is 2. The van der Waals surface area contributed by atoms with E-state index in [1.807, 2.05) is 24.4 Å². The maximum Gasteiger partial charge on any atom is 0.349 e. The first-order chi connectivity index (χ1) is 9.51. The van der Waals surface area contributed by atoms with Crippen LogP contribution in [0.1, 0.15) is 19.5 Å². The van der Waals surface area contributed by atoms with Gasteiger partial charge in [0.2, 0.25) is 0 Å². The minimum absolute atomic E-state index is 0.0551. The molecule has 5 nitrogen and oxygen atoms in total. The van der Waals surface area contributed by atoms with E-state index >= 15 is 0 Å². The van der Waals surface area contributed by atoms with Crippen LogP contribution in [0, 0.1) is 11.3 Å². The highest BCUT2D eigenvalue weighted by Gasteiger charge is 2.13. The van der Waals surface area contributed by atoms with Crippen molar-refractivity contribution in [3.63, 3.8) is 0 Å². The first kappa shape index (κ1) is 14.3. The van der Waals surface area contributed by atoms with Gasteiger partial charge in [0.05, 0.1) is 18.0 Å². The standard InChI is InChI=1S/C14H12BrN3O2/c1-9(2)20-14(19)10(6-16)5-12-7-17-13-4-3-11(15)8-18(12)13/h3-5,7-9H,1-2H3/b10-5-. The van der Waals surface area contributed by atoms with Crippen LogP contribution >= 0.6 is 15.9 Å². The van der Waals surface area contributed by atoms with Gasteiger partial charge in [-0.15, -0.1) is 0 Å². The second-order valence-corrected chi connectivity index (χ2v) is 5.30. The van der Waals surface area contributed by atoms with Gasteiger partial charge in [-0.1, -0.05) is 0 Å². The Morgan fingerprint density at radius 1 is 1.55 bits per heavy atom. The van der Waals surface area contributed by atoms with Crippen LogP contribution in [0.4, 0.5) is 0 Å². The van der Waals surface area contributed by atoms with Gasteiger partial charge in [-0.25, -0.2) is 9.78 Å². The molecule has 0 saturated carbocycles. The zero-order chi connectivity index (χ0) is 14.7. The lowest BCUT2D eigenvalue weighted by molar-refractivity contribution is -0.142. The summed E-state index contributed by atoms with van der Waals surface area (Å²) in [4.78, 5) is 16.0. The number of hydrogen-bond donors (Lipinski definition) is 0. The second-order valence-electron chi connectivity index (χ2n) is 4.38. The number of rotatable bonds is 3. The molecule has 2 rings (SSSR count). The molecule has 2 aromatic rings. The van der Waals surface area contributed by atoms with Crippen molar-refractivity contribution in [2.75, 3.05) is 0 Å². The molecule has 0 fully saturated rings. The van der Waals surface area contributed by atoms with Gasteiger partial charge in [-0.2, -0.15) is 5.26 Å². The van der Waals surface area contributed by atoms with Crippen LogP contribution in [-0.2, 0) is 9.53 Å². The van der Waals surface area contributed by atoms with Crippen molar-refractivity contribution in [3.05, 3.63) is 40.3 Å². The van der Waals surface area contributed by atoms with Crippen LogP contribution in [0.2, 0.25) is 0 Å². The molecule has 0 amide bonds. The van der Waals surface area contributed by atoms with Gasteiger partial charge in [0.1, 0.15) is 17.3 Å². The van der Waals surface area contributed by atoms with Crippen molar-refractivity contribution in [2.45, 2.75) is 20.0 Å². The molecule has 0 saturated heterocycles. The Balaban J connectivity index is 2.42. The van der Waals surface area contributed by atoms with Crippen molar-refractivity contribution in [2.24, 2.45) is 0 Å². The van der Waals surface area contributed by atoms with Crippen LogP contribution in [0.25, 0.3) is 11.7 Å². The molecule has 0 aliphatic heterocycles. The number of carbonyl (C=O) groups is 1. The normalized spacial score (nSPS) is 11.7. The van der Waals surface area contributed by atoms with Crippen molar-refractivity contribution >= 4 is 33.6 Å². The van der Waals surface area contributed by atoms with E-state index in [1.54, 1.807) is 24.4 Å². The molecule has 0 spiro atoms. The quantitative estimate of drug-likeness (QED) is 0.492. The number of ether oxygens (including phenoxy) is 1. The van der Waals surface area contributed by atoms with Gasteiger partial charge in [0, 0.05) is 10.7 Å². The lowest BCUT2D eigenvalue weighted by Crippen LogP contribution is -2.12. The number of nitrogens with zero attached hydrogens (tertiary/aromatic N) is 3. The van der Waals surface area contributed by atoms with Crippen LogP contribution in [0.3, 0.4) is 0 Å². The van der Waals surface area contributed by atoms with Crippen molar-refractivity contribution in [1.82, 2.24) is 9.38 Å². The van der Waals surface area contributed by atoms with E-state index < -0.39 is 5.97 Å². The Kier molecular flexibility index (Phi) is 4.20. The highest BCUT2D eigenvalue weighted by Crippen LogP contribution is 2.16. The minimum Gasteiger partial charge on any atom is -0.459 e. The van der Waals surface area contributed by atoms with E-state index in [-0.39, 0.29) is 11.7 Å². The average molecular weight is 334 g/mol. The minimum atomic E-state index is -0.632. The molecule has 0 aliphatic carbocycles. The fourth-order valence-corrected chi connectivity index (χ4v) is 1.98. The lowest BCUT2D eigenvalue weighted by Gasteiger charge is -2.06. The predicted molar refractivity (Wildman–Crippen MR) is 77.7 cm³/mol. The van der Waals surface area contributed by atoms with Crippen LogP contribution in [0.5, 0.6) is 0 Å². The van der Waals surface area contributed by atoms with Crippen LogP contribution in [-0.4, -0.2) is 21.5 Å². The number of imidazole rings is 1. The molecule has 2 aromatic heterocycles. The van der Waals surface area contributed by atoms with Gasteiger partial charge < -0.3 is 4.74 Å². The molecule has 2 heterocycles. The topological polar surface area (TPSA) is 67.4 Å². The van der Waals surface area contributed by atoms with Gasteiger partial charge in [0.25, 0.3) is 0 Å². The van der Waals surface area contributed by atoms with E-state index in [1.165, 1.54) is 6.08 Å². The Morgan fingerprint density at radius 3 is 2.95 bits per heavy atom. The molecule has 0 N–H and O–H groups in total. The Morgan fingerprint density at radius 2 is 2.30 bits per heavy atom. The van der Waals surface area contributed by atoms with Gasteiger partial charge in [0.15, 0.2) is 0 Å². The van der Waals surface area contributed by atoms with E-state index in [4.69, 9.17) is 10.00 Å². The number of esters is 1. The van der Waals surface area contributed by atoms with Gasteiger partial charge in [-0.05, 0) is 48.0 Å². The third-order valence-electron chi connectivity index (χ3n) is 2.47. The molecular formula is C14H12BrN3O2. The van der Waals surface area contributed by atoms with Crippen molar-refractivity contribution in [3.8, 4) is 6.07 Å². The first-order valence-electron chi connectivity index (χ1n) is 5.96. The molecule has 0 aromatic carbocycles. The summed E-state index contributed by atoms with van der Waals surface area (Å²) in [7, 11) is 0. The molecule has 20 heavy (non-hydrogen) atoms. The molecular weight excluding hydrogens is 322 g/mol. The van der Waals surface area contributed by atoms with Crippen LogP contribution in [0.15, 0.2) is 34.6 Å². The Labute approximate surface area is 124 Å².